The van der Waals surface area contributed by atoms with Gasteiger partial charge in [0.25, 0.3) is 0 Å². The van der Waals surface area contributed by atoms with Crippen molar-refractivity contribution in [3.63, 3.8) is 0 Å². The normalized spacial score (nSPS) is 18.6. The van der Waals surface area contributed by atoms with Crippen LogP contribution in [0.3, 0.4) is 0 Å². The van der Waals surface area contributed by atoms with E-state index in [9.17, 15) is 4.79 Å². The number of aliphatic hydroxyl groups is 1. The molecule has 4 nitrogen and oxygen atoms in total. The topological polar surface area (TPSA) is 75.3 Å². The molecule has 4 N–H and O–H groups in total. The maximum atomic E-state index is 12.2. The Balaban J connectivity index is 0.00000441. The molecule has 1 unspecified atom stereocenters. The lowest BCUT2D eigenvalue weighted by Crippen LogP contribution is -2.40. The Hall–Kier alpha value is -0.320. The van der Waals surface area contributed by atoms with Gasteiger partial charge in [0, 0.05) is 19.6 Å². The first-order chi connectivity index (χ1) is 10.0. The van der Waals surface area contributed by atoms with E-state index >= 15 is 0 Å². The molecule has 0 saturated heterocycles. The van der Waals surface area contributed by atoms with E-state index in [2.05, 4.69) is 19.2 Å². The van der Waals surface area contributed by atoms with E-state index in [0.717, 1.165) is 25.7 Å². The van der Waals surface area contributed by atoms with E-state index in [4.69, 9.17) is 10.8 Å². The Morgan fingerprint density at radius 3 is 2.41 bits per heavy atom. The van der Waals surface area contributed by atoms with Crippen molar-refractivity contribution >= 4 is 18.3 Å². The Morgan fingerprint density at radius 2 is 1.91 bits per heavy atom. The van der Waals surface area contributed by atoms with Gasteiger partial charge in [0.1, 0.15) is 0 Å². The average molecular weight is 335 g/mol. The summed E-state index contributed by atoms with van der Waals surface area (Å²) in [6.07, 6.45) is 8.22. The standard InChI is InChI=1S/C17H34N2O2.ClH/c1-14(2)10-15(6-9-20)12-19-16(21)11-17(13-18)7-4-3-5-8-17;/h14-15,20H,3-13,18H2,1-2H3,(H,19,21);1H. The summed E-state index contributed by atoms with van der Waals surface area (Å²) in [5.74, 6) is 1.10. The van der Waals surface area contributed by atoms with Crippen LogP contribution in [-0.2, 0) is 4.79 Å². The summed E-state index contributed by atoms with van der Waals surface area (Å²) in [7, 11) is 0. The van der Waals surface area contributed by atoms with E-state index in [1.165, 1.54) is 19.3 Å². The van der Waals surface area contributed by atoms with Gasteiger partial charge >= 0.3 is 0 Å². The Bertz CT molecular complexity index is 305. The summed E-state index contributed by atoms with van der Waals surface area (Å²) in [5.41, 5.74) is 5.98. The highest BCUT2D eigenvalue weighted by Crippen LogP contribution is 2.38. The summed E-state index contributed by atoms with van der Waals surface area (Å²) < 4.78 is 0. The van der Waals surface area contributed by atoms with Crippen molar-refractivity contribution in [2.45, 2.75) is 65.2 Å². The second kappa shape index (κ2) is 11.3. The molecule has 0 bridgehead atoms. The first kappa shape index (κ1) is 21.7. The second-order valence-corrected chi connectivity index (χ2v) is 7.25. The molecule has 1 rings (SSSR count). The van der Waals surface area contributed by atoms with Gasteiger partial charge in [0.15, 0.2) is 0 Å². The van der Waals surface area contributed by atoms with Crippen molar-refractivity contribution in [2.75, 3.05) is 19.7 Å². The van der Waals surface area contributed by atoms with Crippen LogP contribution in [0.2, 0.25) is 0 Å². The van der Waals surface area contributed by atoms with Crippen molar-refractivity contribution in [1.82, 2.24) is 5.32 Å². The fraction of sp³-hybridized carbons (Fsp3) is 0.941. The summed E-state index contributed by atoms with van der Waals surface area (Å²) >= 11 is 0. The van der Waals surface area contributed by atoms with Gasteiger partial charge in [-0.3, -0.25) is 4.79 Å². The minimum atomic E-state index is 0. The van der Waals surface area contributed by atoms with Crippen LogP contribution in [-0.4, -0.2) is 30.7 Å². The van der Waals surface area contributed by atoms with Gasteiger partial charge < -0.3 is 16.2 Å². The van der Waals surface area contributed by atoms with Crippen LogP contribution in [0.15, 0.2) is 0 Å². The molecule has 1 atom stereocenters. The van der Waals surface area contributed by atoms with Crippen LogP contribution in [0.1, 0.15) is 65.2 Å². The van der Waals surface area contributed by atoms with Gasteiger partial charge in [0.2, 0.25) is 5.91 Å². The quantitative estimate of drug-likeness (QED) is 0.607. The van der Waals surface area contributed by atoms with Crippen LogP contribution in [0.25, 0.3) is 0 Å². The van der Waals surface area contributed by atoms with Crippen molar-refractivity contribution in [1.29, 1.82) is 0 Å². The Kier molecular flexibility index (Phi) is 11.1. The van der Waals surface area contributed by atoms with Crippen LogP contribution in [0.5, 0.6) is 0 Å². The van der Waals surface area contributed by atoms with E-state index in [-0.39, 0.29) is 30.3 Å². The molecule has 1 amide bonds. The molecule has 1 aliphatic carbocycles. The lowest BCUT2D eigenvalue weighted by molar-refractivity contribution is -0.124. The Labute approximate surface area is 142 Å². The maximum absolute atomic E-state index is 12.2. The van der Waals surface area contributed by atoms with Crippen molar-refractivity contribution in [3.8, 4) is 0 Å². The fourth-order valence-electron chi connectivity index (χ4n) is 3.57. The second-order valence-electron chi connectivity index (χ2n) is 7.25. The summed E-state index contributed by atoms with van der Waals surface area (Å²) in [6.45, 7) is 5.85. The van der Waals surface area contributed by atoms with Gasteiger partial charge in [-0.1, -0.05) is 33.1 Å². The Morgan fingerprint density at radius 1 is 1.27 bits per heavy atom. The van der Waals surface area contributed by atoms with Gasteiger partial charge in [-0.15, -0.1) is 12.4 Å². The number of aliphatic hydroxyl groups excluding tert-OH is 1. The van der Waals surface area contributed by atoms with Crippen LogP contribution in [0.4, 0.5) is 0 Å². The SMILES string of the molecule is CC(C)CC(CCO)CNC(=O)CC1(CN)CCCCC1.Cl. The first-order valence-electron chi connectivity index (χ1n) is 8.59. The van der Waals surface area contributed by atoms with Crippen LogP contribution in [0, 0.1) is 17.3 Å². The largest absolute Gasteiger partial charge is 0.396 e. The number of amides is 1. The molecule has 1 fully saturated rings. The van der Waals surface area contributed by atoms with E-state index in [1.807, 2.05) is 0 Å². The number of hydrogen-bond donors (Lipinski definition) is 3. The zero-order valence-electron chi connectivity index (χ0n) is 14.3. The lowest BCUT2D eigenvalue weighted by Gasteiger charge is -2.35. The lowest BCUT2D eigenvalue weighted by atomic mass is 9.71. The molecule has 0 radical (unpaired) electrons. The number of carbonyl (C=O) groups excluding carboxylic acids is 1. The third-order valence-corrected chi connectivity index (χ3v) is 4.81. The number of halogens is 1. The van der Waals surface area contributed by atoms with E-state index < -0.39 is 0 Å². The van der Waals surface area contributed by atoms with Crippen molar-refractivity contribution in [2.24, 2.45) is 23.0 Å². The maximum Gasteiger partial charge on any atom is 0.220 e. The fourth-order valence-corrected chi connectivity index (χ4v) is 3.57. The molecule has 1 aliphatic rings. The zero-order chi connectivity index (χ0) is 15.7. The van der Waals surface area contributed by atoms with Crippen LogP contribution >= 0.6 is 12.4 Å². The molecule has 0 aromatic rings. The first-order valence-corrected chi connectivity index (χ1v) is 8.59. The van der Waals surface area contributed by atoms with Crippen molar-refractivity contribution < 1.29 is 9.90 Å². The molecule has 0 spiro atoms. The number of hydrogen-bond acceptors (Lipinski definition) is 3. The number of nitrogens with one attached hydrogen (secondary N) is 1. The molecule has 132 valence electrons. The summed E-state index contributed by atoms with van der Waals surface area (Å²) in [6, 6.07) is 0. The van der Waals surface area contributed by atoms with Gasteiger partial charge in [-0.2, -0.15) is 0 Å². The van der Waals surface area contributed by atoms with E-state index in [0.29, 0.717) is 31.3 Å². The molecule has 0 aromatic carbocycles. The average Bonchev–Trinajstić information content (AvgIpc) is 2.45. The molecule has 0 aromatic heterocycles. The van der Waals surface area contributed by atoms with Gasteiger partial charge in [-0.25, -0.2) is 0 Å². The van der Waals surface area contributed by atoms with Crippen molar-refractivity contribution in [3.05, 3.63) is 0 Å². The monoisotopic (exact) mass is 334 g/mol. The van der Waals surface area contributed by atoms with Gasteiger partial charge in [0.05, 0.1) is 0 Å². The predicted molar refractivity (Wildman–Crippen MR) is 94.1 cm³/mol. The molecule has 22 heavy (non-hydrogen) atoms. The molecular formula is C17H35ClN2O2. The third-order valence-electron chi connectivity index (χ3n) is 4.81. The predicted octanol–water partition coefficient (Wildman–Crippen LogP) is 2.87. The molecule has 0 heterocycles. The number of carbonyl (C=O) groups is 1. The molecular weight excluding hydrogens is 300 g/mol. The smallest absolute Gasteiger partial charge is 0.220 e. The highest BCUT2D eigenvalue weighted by Gasteiger charge is 2.32. The molecule has 1 saturated carbocycles. The number of rotatable bonds is 9. The van der Waals surface area contributed by atoms with E-state index in [1.54, 1.807) is 0 Å². The zero-order valence-corrected chi connectivity index (χ0v) is 15.1. The summed E-state index contributed by atoms with van der Waals surface area (Å²) in [5, 5.41) is 12.2. The van der Waals surface area contributed by atoms with Gasteiger partial charge in [-0.05, 0) is 49.5 Å². The molecule has 0 aliphatic heterocycles. The minimum Gasteiger partial charge on any atom is -0.396 e. The highest BCUT2D eigenvalue weighted by molar-refractivity contribution is 5.85. The highest BCUT2D eigenvalue weighted by atomic mass is 35.5. The van der Waals surface area contributed by atoms with Crippen LogP contribution < -0.4 is 11.1 Å². The minimum absolute atomic E-state index is 0. The molecule has 5 heteroatoms. The number of nitrogens with two attached hydrogens (primary N) is 1. The summed E-state index contributed by atoms with van der Waals surface area (Å²) in [4.78, 5) is 12.2. The third kappa shape index (κ3) is 7.80.